The van der Waals surface area contributed by atoms with Crippen LogP contribution in [0.3, 0.4) is 0 Å². The van der Waals surface area contributed by atoms with Gasteiger partial charge in [-0.15, -0.1) is 0 Å². The van der Waals surface area contributed by atoms with E-state index in [2.05, 4.69) is 5.16 Å². The predicted octanol–water partition coefficient (Wildman–Crippen LogP) is 0.724. The monoisotopic (exact) mass is 245 g/mol. The summed E-state index contributed by atoms with van der Waals surface area (Å²) in [6.07, 6.45) is 2.82. The van der Waals surface area contributed by atoms with Gasteiger partial charge in [0.15, 0.2) is 5.84 Å². The van der Waals surface area contributed by atoms with E-state index in [0.717, 1.165) is 24.3 Å². The number of hydrogen-bond donors (Lipinski definition) is 2. The van der Waals surface area contributed by atoms with E-state index in [4.69, 9.17) is 10.9 Å². The van der Waals surface area contributed by atoms with Gasteiger partial charge in [0.1, 0.15) is 0 Å². The van der Waals surface area contributed by atoms with Crippen LogP contribution in [-0.2, 0) is 4.79 Å². The SMILES string of the molecule is CN(CC(N)=NO)C(=O)CC1CCSCC1. The van der Waals surface area contributed by atoms with Crippen LogP contribution in [0.5, 0.6) is 0 Å². The van der Waals surface area contributed by atoms with Gasteiger partial charge in [-0.05, 0) is 30.3 Å². The molecule has 1 heterocycles. The van der Waals surface area contributed by atoms with Crippen LogP contribution < -0.4 is 5.73 Å². The van der Waals surface area contributed by atoms with Crippen molar-refractivity contribution in [2.24, 2.45) is 16.8 Å². The van der Waals surface area contributed by atoms with Crippen molar-refractivity contribution in [3.05, 3.63) is 0 Å². The van der Waals surface area contributed by atoms with Gasteiger partial charge in [0.25, 0.3) is 0 Å². The Balaban J connectivity index is 2.32. The standard InChI is InChI=1S/C10H19N3O2S/c1-13(7-9(11)12-15)10(14)6-8-2-4-16-5-3-8/h8,15H,2-7H2,1H3,(H2,11,12). The molecule has 0 aromatic heterocycles. The molecule has 1 aliphatic heterocycles. The Morgan fingerprint density at radius 3 is 2.75 bits per heavy atom. The third kappa shape index (κ3) is 4.30. The molecule has 0 saturated carbocycles. The fraction of sp³-hybridized carbons (Fsp3) is 0.800. The lowest BCUT2D eigenvalue weighted by Gasteiger charge is -2.23. The van der Waals surface area contributed by atoms with E-state index < -0.39 is 0 Å². The molecule has 0 aromatic rings. The van der Waals surface area contributed by atoms with Crippen molar-refractivity contribution in [2.75, 3.05) is 25.1 Å². The van der Waals surface area contributed by atoms with Gasteiger partial charge >= 0.3 is 0 Å². The summed E-state index contributed by atoms with van der Waals surface area (Å²) in [4.78, 5) is 13.3. The predicted molar refractivity (Wildman–Crippen MR) is 65.7 cm³/mol. The average molecular weight is 245 g/mol. The highest BCUT2D eigenvalue weighted by Gasteiger charge is 2.19. The Labute approximate surface area is 100 Å². The summed E-state index contributed by atoms with van der Waals surface area (Å²) in [7, 11) is 1.68. The molecule has 0 spiro atoms. The molecule has 1 amide bonds. The first-order valence-corrected chi connectivity index (χ1v) is 6.57. The molecule has 16 heavy (non-hydrogen) atoms. The number of carbonyl (C=O) groups is 1. The third-order valence-corrected chi connectivity index (χ3v) is 3.81. The first kappa shape index (κ1) is 13.2. The minimum absolute atomic E-state index is 0.0649. The first-order valence-electron chi connectivity index (χ1n) is 5.41. The quantitative estimate of drug-likeness (QED) is 0.331. The molecular formula is C10H19N3O2S. The second-order valence-corrected chi connectivity index (χ2v) is 5.33. The number of hydrogen-bond acceptors (Lipinski definition) is 4. The van der Waals surface area contributed by atoms with E-state index in [-0.39, 0.29) is 18.3 Å². The van der Waals surface area contributed by atoms with E-state index in [0.29, 0.717) is 12.3 Å². The zero-order valence-electron chi connectivity index (χ0n) is 9.56. The first-order chi connectivity index (χ1) is 7.63. The molecule has 92 valence electrons. The van der Waals surface area contributed by atoms with Gasteiger partial charge in [0.2, 0.25) is 5.91 Å². The van der Waals surface area contributed by atoms with Crippen LogP contribution in [0.15, 0.2) is 5.16 Å². The van der Waals surface area contributed by atoms with Crippen molar-refractivity contribution in [3.63, 3.8) is 0 Å². The molecule has 1 saturated heterocycles. The van der Waals surface area contributed by atoms with Crippen molar-refractivity contribution in [3.8, 4) is 0 Å². The lowest BCUT2D eigenvalue weighted by atomic mass is 9.98. The number of carbonyl (C=O) groups excluding carboxylic acids is 1. The van der Waals surface area contributed by atoms with Gasteiger partial charge in [-0.25, -0.2) is 0 Å². The van der Waals surface area contributed by atoms with E-state index in [9.17, 15) is 4.79 Å². The number of rotatable bonds is 4. The number of amidine groups is 1. The van der Waals surface area contributed by atoms with Crippen LogP contribution in [0.1, 0.15) is 19.3 Å². The number of thioether (sulfide) groups is 1. The Kier molecular flexibility index (Phi) is 5.45. The fourth-order valence-electron chi connectivity index (χ4n) is 1.72. The highest BCUT2D eigenvalue weighted by Crippen LogP contribution is 2.25. The number of nitrogens with zero attached hydrogens (tertiary/aromatic N) is 2. The molecule has 6 heteroatoms. The minimum Gasteiger partial charge on any atom is -0.409 e. The lowest BCUT2D eigenvalue weighted by molar-refractivity contribution is -0.130. The number of nitrogens with two attached hydrogens (primary N) is 1. The summed E-state index contributed by atoms with van der Waals surface area (Å²) in [6.45, 7) is 0.191. The van der Waals surface area contributed by atoms with Gasteiger partial charge in [-0.1, -0.05) is 5.16 Å². The molecule has 0 unspecified atom stereocenters. The molecule has 3 N–H and O–H groups in total. The van der Waals surface area contributed by atoms with E-state index in [1.807, 2.05) is 11.8 Å². The molecule has 0 bridgehead atoms. The summed E-state index contributed by atoms with van der Waals surface area (Å²) in [5, 5.41) is 11.3. The number of likely N-dealkylation sites (N-methyl/N-ethyl adjacent to an activating group) is 1. The molecular weight excluding hydrogens is 226 g/mol. The van der Waals surface area contributed by atoms with Gasteiger partial charge in [0.05, 0.1) is 6.54 Å². The van der Waals surface area contributed by atoms with Crippen molar-refractivity contribution in [1.29, 1.82) is 0 Å². The average Bonchev–Trinajstić information content (AvgIpc) is 2.30. The maximum absolute atomic E-state index is 11.8. The molecule has 0 atom stereocenters. The van der Waals surface area contributed by atoms with Crippen molar-refractivity contribution < 1.29 is 10.0 Å². The normalized spacial score (nSPS) is 18.4. The van der Waals surface area contributed by atoms with Gasteiger partial charge in [-0.2, -0.15) is 11.8 Å². The second-order valence-electron chi connectivity index (χ2n) is 4.10. The van der Waals surface area contributed by atoms with E-state index >= 15 is 0 Å². The molecule has 0 radical (unpaired) electrons. The molecule has 0 aromatic carbocycles. The lowest BCUT2D eigenvalue weighted by Crippen LogP contribution is -2.36. The van der Waals surface area contributed by atoms with Crippen molar-refractivity contribution in [1.82, 2.24) is 4.90 Å². The van der Waals surface area contributed by atoms with Crippen molar-refractivity contribution in [2.45, 2.75) is 19.3 Å². The summed E-state index contributed by atoms with van der Waals surface area (Å²) < 4.78 is 0. The summed E-state index contributed by atoms with van der Waals surface area (Å²) in [5.41, 5.74) is 5.35. The van der Waals surface area contributed by atoms with Crippen LogP contribution in [0, 0.1) is 5.92 Å². The fourth-order valence-corrected chi connectivity index (χ4v) is 2.92. The van der Waals surface area contributed by atoms with Crippen LogP contribution in [0.2, 0.25) is 0 Å². The smallest absolute Gasteiger partial charge is 0.222 e. The Bertz CT molecular complexity index is 265. The Hall–Kier alpha value is -0.910. The highest BCUT2D eigenvalue weighted by atomic mass is 32.2. The van der Waals surface area contributed by atoms with Crippen LogP contribution in [-0.4, -0.2) is 46.9 Å². The molecule has 0 aliphatic carbocycles. The molecule has 1 fully saturated rings. The minimum atomic E-state index is 0.0649. The Morgan fingerprint density at radius 2 is 2.19 bits per heavy atom. The van der Waals surface area contributed by atoms with Crippen LogP contribution in [0.25, 0.3) is 0 Å². The van der Waals surface area contributed by atoms with Crippen LogP contribution in [0.4, 0.5) is 0 Å². The number of oxime groups is 1. The zero-order valence-corrected chi connectivity index (χ0v) is 10.4. The zero-order chi connectivity index (χ0) is 12.0. The van der Waals surface area contributed by atoms with Gasteiger partial charge < -0.3 is 15.8 Å². The van der Waals surface area contributed by atoms with E-state index in [1.165, 1.54) is 4.90 Å². The topological polar surface area (TPSA) is 78.9 Å². The van der Waals surface area contributed by atoms with E-state index in [1.54, 1.807) is 7.05 Å². The Morgan fingerprint density at radius 1 is 1.56 bits per heavy atom. The summed E-state index contributed by atoms with van der Waals surface area (Å²) in [5.74, 6) is 2.95. The molecule has 1 aliphatic rings. The summed E-state index contributed by atoms with van der Waals surface area (Å²) in [6, 6.07) is 0. The van der Waals surface area contributed by atoms with Crippen molar-refractivity contribution >= 4 is 23.5 Å². The van der Waals surface area contributed by atoms with Gasteiger partial charge in [-0.3, -0.25) is 4.79 Å². The highest BCUT2D eigenvalue weighted by molar-refractivity contribution is 7.99. The number of amides is 1. The largest absolute Gasteiger partial charge is 0.409 e. The third-order valence-electron chi connectivity index (χ3n) is 2.76. The summed E-state index contributed by atoms with van der Waals surface area (Å²) >= 11 is 1.95. The maximum atomic E-state index is 11.8. The molecule has 1 rings (SSSR count). The molecule has 5 nitrogen and oxygen atoms in total. The van der Waals surface area contributed by atoms with Gasteiger partial charge in [0, 0.05) is 13.5 Å². The maximum Gasteiger partial charge on any atom is 0.222 e. The second kappa shape index (κ2) is 6.62. The van der Waals surface area contributed by atoms with Crippen LogP contribution >= 0.6 is 11.8 Å².